The van der Waals surface area contributed by atoms with Gasteiger partial charge < -0.3 is 15.2 Å². The molecule has 0 saturated heterocycles. The molecular weight excluding hydrogens is 274 g/mol. The fraction of sp³-hybridized carbons (Fsp3) is 0.909. The van der Waals surface area contributed by atoms with Crippen molar-refractivity contribution in [2.75, 3.05) is 20.3 Å². The van der Waals surface area contributed by atoms with Crippen LogP contribution in [0.3, 0.4) is 0 Å². The maximum atomic E-state index is 11.2. The molecule has 0 aliphatic heterocycles. The van der Waals surface area contributed by atoms with Gasteiger partial charge in [-0.2, -0.15) is 0 Å². The van der Waals surface area contributed by atoms with Crippen LogP contribution in [0.4, 0.5) is 0 Å². The molecule has 3 atom stereocenters. The topological polar surface area (TPSA) is 58.6 Å². The van der Waals surface area contributed by atoms with Crippen LogP contribution in [0.1, 0.15) is 25.7 Å². The maximum absolute atomic E-state index is 11.2. The van der Waals surface area contributed by atoms with E-state index in [1.807, 2.05) is 0 Å². The molecule has 3 unspecified atom stereocenters. The van der Waals surface area contributed by atoms with Gasteiger partial charge in [-0.05, 0) is 18.8 Å². The van der Waals surface area contributed by atoms with Gasteiger partial charge >= 0.3 is 5.97 Å². The predicted molar refractivity (Wildman–Crippen MR) is 65.6 cm³/mol. The molecule has 0 aromatic heterocycles. The lowest BCUT2D eigenvalue weighted by molar-refractivity contribution is -0.139. The summed E-state index contributed by atoms with van der Waals surface area (Å²) in [5.41, 5.74) is 0. The first-order valence-corrected chi connectivity index (χ1v) is 6.66. The minimum Gasteiger partial charge on any atom is -0.468 e. The molecule has 1 rings (SSSR count). The SMILES string of the molecule is COC(=O)C(Br)CNC1CCCCC1CO. The van der Waals surface area contributed by atoms with Gasteiger partial charge in [0.05, 0.1) is 7.11 Å². The van der Waals surface area contributed by atoms with Crippen molar-refractivity contribution < 1.29 is 14.6 Å². The lowest BCUT2D eigenvalue weighted by atomic mass is 9.85. The van der Waals surface area contributed by atoms with Crippen LogP contribution >= 0.6 is 15.9 Å². The van der Waals surface area contributed by atoms with Crippen molar-refractivity contribution in [3.63, 3.8) is 0 Å². The van der Waals surface area contributed by atoms with E-state index in [1.165, 1.54) is 20.0 Å². The molecule has 1 aliphatic rings. The number of carbonyl (C=O) groups excluding carboxylic acids is 1. The molecule has 5 heteroatoms. The van der Waals surface area contributed by atoms with Gasteiger partial charge in [-0.1, -0.05) is 28.8 Å². The van der Waals surface area contributed by atoms with Gasteiger partial charge in [-0.3, -0.25) is 4.79 Å². The molecule has 16 heavy (non-hydrogen) atoms. The van der Waals surface area contributed by atoms with E-state index in [2.05, 4.69) is 26.0 Å². The Morgan fingerprint density at radius 3 is 2.88 bits per heavy atom. The van der Waals surface area contributed by atoms with Gasteiger partial charge in [0.2, 0.25) is 0 Å². The highest BCUT2D eigenvalue weighted by atomic mass is 79.9. The van der Waals surface area contributed by atoms with Gasteiger partial charge in [0.15, 0.2) is 0 Å². The summed E-state index contributed by atoms with van der Waals surface area (Å²) in [7, 11) is 1.38. The Balaban J connectivity index is 2.32. The number of hydrogen-bond acceptors (Lipinski definition) is 4. The van der Waals surface area contributed by atoms with E-state index in [0.717, 1.165) is 12.8 Å². The largest absolute Gasteiger partial charge is 0.468 e. The zero-order chi connectivity index (χ0) is 12.0. The number of rotatable bonds is 5. The molecule has 0 aromatic rings. The third-order valence-corrected chi connectivity index (χ3v) is 3.86. The Hall–Kier alpha value is -0.130. The second-order valence-electron chi connectivity index (χ2n) is 4.23. The number of hydrogen-bond donors (Lipinski definition) is 2. The number of ether oxygens (including phenoxy) is 1. The molecule has 1 saturated carbocycles. The summed E-state index contributed by atoms with van der Waals surface area (Å²) in [5.74, 6) is 0.0648. The molecule has 0 spiro atoms. The molecule has 1 fully saturated rings. The first-order chi connectivity index (χ1) is 7.69. The number of alkyl halides is 1. The quantitative estimate of drug-likeness (QED) is 0.588. The summed E-state index contributed by atoms with van der Waals surface area (Å²) in [4.78, 5) is 10.9. The van der Waals surface area contributed by atoms with E-state index < -0.39 is 0 Å². The zero-order valence-electron chi connectivity index (χ0n) is 9.62. The van der Waals surface area contributed by atoms with Crippen LogP contribution in [0, 0.1) is 5.92 Å². The Labute approximate surface area is 105 Å². The predicted octanol–water partition coefficient (Wildman–Crippen LogP) is 1.06. The molecule has 2 N–H and O–H groups in total. The van der Waals surface area contributed by atoms with E-state index in [0.29, 0.717) is 18.5 Å². The maximum Gasteiger partial charge on any atom is 0.320 e. The first kappa shape index (κ1) is 13.9. The molecule has 0 amide bonds. The standard InChI is InChI=1S/C11H20BrNO3/c1-16-11(15)9(12)6-13-10-5-3-2-4-8(10)7-14/h8-10,13-14H,2-7H2,1H3. The Bertz CT molecular complexity index is 225. The second kappa shape index (κ2) is 7.25. The van der Waals surface area contributed by atoms with Crippen molar-refractivity contribution in [2.45, 2.75) is 36.6 Å². The van der Waals surface area contributed by atoms with Crippen LogP contribution in [0.5, 0.6) is 0 Å². The van der Waals surface area contributed by atoms with Crippen molar-refractivity contribution in [3.8, 4) is 0 Å². The summed E-state index contributed by atoms with van der Waals surface area (Å²) in [6.45, 7) is 0.774. The van der Waals surface area contributed by atoms with Crippen LogP contribution in [0.2, 0.25) is 0 Å². The average molecular weight is 294 g/mol. The fourth-order valence-electron chi connectivity index (χ4n) is 2.16. The normalized spacial score (nSPS) is 27.4. The van der Waals surface area contributed by atoms with Crippen molar-refractivity contribution in [3.05, 3.63) is 0 Å². The molecule has 0 heterocycles. The number of nitrogens with one attached hydrogen (secondary N) is 1. The van der Waals surface area contributed by atoms with Crippen LogP contribution in [-0.2, 0) is 9.53 Å². The third-order valence-electron chi connectivity index (χ3n) is 3.16. The molecule has 1 aliphatic carbocycles. The summed E-state index contributed by atoms with van der Waals surface area (Å²) in [6, 6.07) is 0.323. The average Bonchev–Trinajstić information content (AvgIpc) is 2.35. The molecule has 0 radical (unpaired) electrons. The van der Waals surface area contributed by atoms with Crippen molar-refractivity contribution in [1.82, 2.24) is 5.32 Å². The molecule has 0 aromatic carbocycles. The monoisotopic (exact) mass is 293 g/mol. The molecule has 0 bridgehead atoms. The number of aliphatic hydroxyl groups is 1. The zero-order valence-corrected chi connectivity index (χ0v) is 11.2. The van der Waals surface area contributed by atoms with Gasteiger partial charge in [-0.15, -0.1) is 0 Å². The van der Waals surface area contributed by atoms with Crippen molar-refractivity contribution in [2.24, 2.45) is 5.92 Å². The molecule has 94 valence electrons. The highest BCUT2D eigenvalue weighted by Gasteiger charge is 2.25. The summed E-state index contributed by atoms with van der Waals surface area (Å²) in [5, 5.41) is 12.6. The lowest BCUT2D eigenvalue weighted by Gasteiger charge is -2.31. The van der Waals surface area contributed by atoms with E-state index in [4.69, 9.17) is 0 Å². The second-order valence-corrected chi connectivity index (χ2v) is 5.34. The Morgan fingerprint density at radius 1 is 1.56 bits per heavy atom. The smallest absolute Gasteiger partial charge is 0.320 e. The lowest BCUT2D eigenvalue weighted by Crippen LogP contribution is -2.43. The van der Waals surface area contributed by atoms with Gasteiger partial charge in [0.25, 0.3) is 0 Å². The van der Waals surface area contributed by atoms with Crippen LogP contribution in [0.15, 0.2) is 0 Å². The van der Waals surface area contributed by atoms with Crippen LogP contribution in [0.25, 0.3) is 0 Å². The first-order valence-electron chi connectivity index (χ1n) is 5.75. The van der Waals surface area contributed by atoms with E-state index in [9.17, 15) is 9.90 Å². The summed E-state index contributed by atoms with van der Waals surface area (Å²) < 4.78 is 4.63. The minimum atomic E-state index is -0.307. The van der Waals surface area contributed by atoms with Gasteiger partial charge in [0, 0.05) is 19.2 Å². The summed E-state index contributed by atoms with van der Waals surface area (Å²) in [6.07, 6.45) is 4.53. The Kier molecular flexibility index (Phi) is 6.31. The fourth-order valence-corrected chi connectivity index (χ4v) is 2.53. The highest BCUT2D eigenvalue weighted by Crippen LogP contribution is 2.24. The van der Waals surface area contributed by atoms with E-state index >= 15 is 0 Å². The third kappa shape index (κ3) is 4.03. The number of aliphatic hydroxyl groups excluding tert-OH is 1. The van der Waals surface area contributed by atoms with Gasteiger partial charge in [-0.25, -0.2) is 0 Å². The van der Waals surface area contributed by atoms with Gasteiger partial charge in [0.1, 0.15) is 4.83 Å². The number of methoxy groups -OCH3 is 1. The summed E-state index contributed by atoms with van der Waals surface area (Å²) >= 11 is 3.27. The van der Waals surface area contributed by atoms with E-state index in [1.54, 1.807) is 0 Å². The van der Waals surface area contributed by atoms with Crippen LogP contribution < -0.4 is 5.32 Å². The number of halogens is 1. The number of esters is 1. The molecular formula is C11H20BrNO3. The number of carbonyl (C=O) groups is 1. The molecule has 4 nitrogen and oxygen atoms in total. The van der Waals surface area contributed by atoms with Crippen molar-refractivity contribution >= 4 is 21.9 Å². The van der Waals surface area contributed by atoms with Crippen LogP contribution in [-0.4, -0.2) is 42.2 Å². The van der Waals surface area contributed by atoms with E-state index in [-0.39, 0.29) is 17.4 Å². The highest BCUT2D eigenvalue weighted by molar-refractivity contribution is 9.10. The Morgan fingerprint density at radius 2 is 2.25 bits per heavy atom. The van der Waals surface area contributed by atoms with Crippen molar-refractivity contribution in [1.29, 1.82) is 0 Å². The minimum absolute atomic E-state index is 0.225.